The summed E-state index contributed by atoms with van der Waals surface area (Å²) >= 11 is 0. The summed E-state index contributed by atoms with van der Waals surface area (Å²) in [7, 11) is 0. The molecule has 0 aromatic carbocycles. The van der Waals surface area contributed by atoms with Gasteiger partial charge in [0, 0.05) is 6.04 Å². The van der Waals surface area contributed by atoms with Gasteiger partial charge in [0.15, 0.2) is 0 Å². The van der Waals surface area contributed by atoms with Gasteiger partial charge in [-0.05, 0) is 25.8 Å². The Balaban J connectivity index is 3.13. The summed E-state index contributed by atoms with van der Waals surface area (Å²) in [5.41, 5.74) is 0. The first kappa shape index (κ1) is 9.96. The molecule has 0 radical (unpaired) electrons. The van der Waals surface area contributed by atoms with E-state index >= 15 is 0 Å². The van der Waals surface area contributed by atoms with Gasteiger partial charge in [0.2, 0.25) is 0 Å². The number of nitrogens with one attached hydrogen (secondary N) is 1. The molecule has 0 aromatic heterocycles. The number of hydrogen-bond acceptors (Lipinski definition) is 1. The zero-order chi connectivity index (χ0) is 7.98. The lowest BCUT2D eigenvalue weighted by Gasteiger charge is -2.16. The van der Waals surface area contributed by atoms with Crippen molar-refractivity contribution in [1.29, 1.82) is 0 Å². The van der Waals surface area contributed by atoms with Gasteiger partial charge >= 0.3 is 0 Å². The van der Waals surface area contributed by atoms with E-state index in [1.54, 1.807) is 0 Å². The van der Waals surface area contributed by atoms with Crippen molar-refractivity contribution in [2.45, 2.75) is 46.6 Å². The molecule has 0 rings (SSSR count). The third kappa shape index (κ3) is 4.80. The van der Waals surface area contributed by atoms with Gasteiger partial charge in [-0.2, -0.15) is 0 Å². The van der Waals surface area contributed by atoms with Crippen molar-refractivity contribution in [3.63, 3.8) is 0 Å². The maximum atomic E-state index is 3.48. The molecule has 0 aliphatic heterocycles. The molecular weight excluding hydrogens is 122 g/mol. The summed E-state index contributed by atoms with van der Waals surface area (Å²) < 4.78 is 0. The van der Waals surface area contributed by atoms with E-state index in [0.29, 0.717) is 6.04 Å². The summed E-state index contributed by atoms with van der Waals surface area (Å²) in [4.78, 5) is 0. The summed E-state index contributed by atoms with van der Waals surface area (Å²) in [5.74, 6) is 0.761. The first-order valence-corrected chi connectivity index (χ1v) is 4.41. The number of rotatable bonds is 5. The molecule has 0 aliphatic carbocycles. The van der Waals surface area contributed by atoms with E-state index in [9.17, 15) is 0 Å². The van der Waals surface area contributed by atoms with Crippen molar-refractivity contribution in [1.82, 2.24) is 5.32 Å². The fourth-order valence-electron chi connectivity index (χ4n) is 0.742. The Kier molecular flexibility index (Phi) is 5.70. The largest absolute Gasteiger partial charge is 0.314 e. The van der Waals surface area contributed by atoms with E-state index in [4.69, 9.17) is 0 Å². The minimum absolute atomic E-state index is 0.673. The van der Waals surface area contributed by atoms with Crippen LogP contribution in [0.25, 0.3) is 0 Å². The first-order chi connectivity index (χ1) is 4.68. The van der Waals surface area contributed by atoms with E-state index in [2.05, 4.69) is 33.0 Å². The lowest BCUT2D eigenvalue weighted by Crippen LogP contribution is -2.31. The second kappa shape index (κ2) is 5.72. The molecule has 0 saturated heterocycles. The average molecular weight is 143 g/mol. The van der Waals surface area contributed by atoms with Crippen LogP contribution in [-0.2, 0) is 0 Å². The molecule has 0 fully saturated rings. The Bertz CT molecular complexity index is 69.1. The van der Waals surface area contributed by atoms with Crippen LogP contribution in [0, 0.1) is 5.92 Å². The van der Waals surface area contributed by atoms with Gasteiger partial charge in [0.05, 0.1) is 0 Å². The SMILES string of the molecule is CCCCN[C@@H](C)C(C)C. The van der Waals surface area contributed by atoms with Crippen molar-refractivity contribution < 1.29 is 0 Å². The van der Waals surface area contributed by atoms with Crippen LogP contribution in [0.15, 0.2) is 0 Å². The van der Waals surface area contributed by atoms with Crippen molar-refractivity contribution in [3.8, 4) is 0 Å². The van der Waals surface area contributed by atoms with Gasteiger partial charge < -0.3 is 5.32 Å². The predicted molar refractivity (Wildman–Crippen MR) is 47.2 cm³/mol. The van der Waals surface area contributed by atoms with E-state index < -0.39 is 0 Å². The van der Waals surface area contributed by atoms with Crippen LogP contribution >= 0.6 is 0 Å². The lowest BCUT2D eigenvalue weighted by molar-refractivity contribution is 0.423. The van der Waals surface area contributed by atoms with Crippen LogP contribution in [0.5, 0.6) is 0 Å². The van der Waals surface area contributed by atoms with Crippen molar-refractivity contribution >= 4 is 0 Å². The fraction of sp³-hybridized carbons (Fsp3) is 1.00. The zero-order valence-corrected chi connectivity index (χ0v) is 7.78. The van der Waals surface area contributed by atoms with E-state index in [1.165, 1.54) is 19.4 Å². The Hall–Kier alpha value is -0.0400. The van der Waals surface area contributed by atoms with Crippen LogP contribution in [0.4, 0.5) is 0 Å². The first-order valence-electron chi connectivity index (χ1n) is 4.41. The van der Waals surface area contributed by atoms with Crippen molar-refractivity contribution in [2.75, 3.05) is 6.54 Å². The van der Waals surface area contributed by atoms with Gasteiger partial charge in [-0.3, -0.25) is 0 Å². The van der Waals surface area contributed by atoms with E-state index in [1.807, 2.05) is 0 Å². The summed E-state index contributed by atoms with van der Waals surface area (Å²) in [6.07, 6.45) is 2.59. The van der Waals surface area contributed by atoms with Gasteiger partial charge in [-0.15, -0.1) is 0 Å². The molecule has 62 valence electrons. The molecule has 1 atom stereocenters. The molecule has 0 amide bonds. The molecule has 0 aliphatic rings. The minimum Gasteiger partial charge on any atom is -0.314 e. The molecule has 0 heterocycles. The zero-order valence-electron chi connectivity index (χ0n) is 7.78. The van der Waals surface area contributed by atoms with Crippen LogP contribution < -0.4 is 5.32 Å². The molecule has 1 N–H and O–H groups in total. The summed E-state index contributed by atoms with van der Waals surface area (Å²) in [6, 6.07) is 0.673. The third-order valence-electron chi connectivity index (χ3n) is 2.00. The molecular formula is C9H21N. The van der Waals surface area contributed by atoms with Crippen molar-refractivity contribution in [3.05, 3.63) is 0 Å². The lowest BCUT2D eigenvalue weighted by atomic mass is 10.1. The maximum absolute atomic E-state index is 3.48. The second-order valence-corrected chi connectivity index (χ2v) is 3.34. The van der Waals surface area contributed by atoms with Gasteiger partial charge in [-0.1, -0.05) is 27.2 Å². The monoisotopic (exact) mass is 143 g/mol. The summed E-state index contributed by atoms with van der Waals surface area (Å²) in [5, 5.41) is 3.48. The average Bonchev–Trinajstić information content (AvgIpc) is 1.88. The van der Waals surface area contributed by atoms with Gasteiger partial charge in [-0.25, -0.2) is 0 Å². The third-order valence-corrected chi connectivity index (χ3v) is 2.00. The molecule has 0 spiro atoms. The quantitative estimate of drug-likeness (QED) is 0.583. The highest BCUT2D eigenvalue weighted by molar-refractivity contribution is 4.63. The molecule has 1 nitrogen and oxygen atoms in total. The summed E-state index contributed by atoms with van der Waals surface area (Å²) in [6.45, 7) is 10.2. The topological polar surface area (TPSA) is 12.0 Å². The van der Waals surface area contributed by atoms with Crippen molar-refractivity contribution in [2.24, 2.45) is 5.92 Å². The smallest absolute Gasteiger partial charge is 0.00617 e. The molecule has 0 bridgehead atoms. The number of hydrogen-bond donors (Lipinski definition) is 1. The Morgan fingerprint density at radius 3 is 2.20 bits per heavy atom. The van der Waals surface area contributed by atoms with Crippen LogP contribution in [0.3, 0.4) is 0 Å². The molecule has 10 heavy (non-hydrogen) atoms. The van der Waals surface area contributed by atoms with Crippen LogP contribution in [0.2, 0.25) is 0 Å². The van der Waals surface area contributed by atoms with Gasteiger partial charge in [0.1, 0.15) is 0 Å². The molecule has 0 aromatic rings. The van der Waals surface area contributed by atoms with Gasteiger partial charge in [0.25, 0.3) is 0 Å². The van der Waals surface area contributed by atoms with E-state index in [0.717, 1.165) is 5.92 Å². The highest BCUT2D eigenvalue weighted by atomic mass is 14.9. The molecule has 0 unspecified atom stereocenters. The van der Waals surface area contributed by atoms with Crippen LogP contribution in [0.1, 0.15) is 40.5 Å². The Morgan fingerprint density at radius 1 is 1.20 bits per heavy atom. The molecule has 0 saturated carbocycles. The number of unbranched alkanes of at least 4 members (excludes halogenated alkanes) is 1. The standard InChI is InChI=1S/C9H21N/c1-5-6-7-10-9(4)8(2)3/h8-10H,5-7H2,1-4H3/t9-/m0/s1. The molecule has 1 heteroatoms. The highest BCUT2D eigenvalue weighted by Crippen LogP contribution is 1.99. The highest BCUT2D eigenvalue weighted by Gasteiger charge is 2.03. The maximum Gasteiger partial charge on any atom is 0.00617 e. The van der Waals surface area contributed by atoms with Crippen LogP contribution in [-0.4, -0.2) is 12.6 Å². The normalized spacial score (nSPS) is 14.1. The Morgan fingerprint density at radius 2 is 1.80 bits per heavy atom. The predicted octanol–water partition coefficient (Wildman–Crippen LogP) is 2.42. The fourth-order valence-corrected chi connectivity index (χ4v) is 0.742. The minimum atomic E-state index is 0.673. The van der Waals surface area contributed by atoms with E-state index in [-0.39, 0.29) is 0 Å². The second-order valence-electron chi connectivity index (χ2n) is 3.34. The Labute approximate surface area is 65.2 Å².